The van der Waals surface area contributed by atoms with Crippen molar-refractivity contribution in [2.45, 2.75) is 71.6 Å². The predicted octanol–water partition coefficient (Wildman–Crippen LogP) is 7.12. The first-order valence-electron chi connectivity index (χ1n) is 12.4. The standard InChI is InChI=1S/C28H36BrNO2/c1-3-31-26-13-24(12-25(29)27(26)32-18-20-7-5-4-6-8-20)17-30-19(2)28-14-21-9-22(15-28)11-23(10-21)16-28/h4-8,12-13,19,21-23,30H,3,9-11,14-18H2,1-2H3/t19-,21?,22?,23?,28?/m1/s1. The molecule has 2 aromatic rings. The highest BCUT2D eigenvalue weighted by atomic mass is 79.9. The lowest BCUT2D eigenvalue weighted by atomic mass is 9.48. The van der Waals surface area contributed by atoms with Gasteiger partial charge in [-0.15, -0.1) is 0 Å². The molecule has 0 unspecified atom stereocenters. The number of benzene rings is 2. The quantitative estimate of drug-likeness (QED) is 0.399. The first kappa shape index (κ1) is 22.3. The largest absolute Gasteiger partial charge is 0.490 e. The number of rotatable bonds is 9. The summed E-state index contributed by atoms with van der Waals surface area (Å²) in [6.07, 6.45) is 8.82. The van der Waals surface area contributed by atoms with Crippen LogP contribution in [-0.2, 0) is 13.2 Å². The van der Waals surface area contributed by atoms with Crippen LogP contribution in [0, 0.1) is 23.2 Å². The molecule has 0 saturated heterocycles. The molecular weight excluding hydrogens is 462 g/mol. The van der Waals surface area contributed by atoms with Crippen molar-refractivity contribution in [1.82, 2.24) is 5.32 Å². The monoisotopic (exact) mass is 497 g/mol. The zero-order chi connectivity index (χ0) is 22.1. The van der Waals surface area contributed by atoms with Gasteiger partial charge in [0.1, 0.15) is 6.61 Å². The predicted molar refractivity (Wildman–Crippen MR) is 133 cm³/mol. The third-order valence-electron chi connectivity index (χ3n) is 8.21. The van der Waals surface area contributed by atoms with Crippen LogP contribution in [0.25, 0.3) is 0 Å². The van der Waals surface area contributed by atoms with Gasteiger partial charge in [-0.3, -0.25) is 0 Å². The second kappa shape index (κ2) is 9.38. The molecule has 6 rings (SSSR count). The highest BCUT2D eigenvalue weighted by Crippen LogP contribution is 2.61. The van der Waals surface area contributed by atoms with Gasteiger partial charge in [0, 0.05) is 12.6 Å². The van der Waals surface area contributed by atoms with Gasteiger partial charge in [-0.05, 0) is 115 Å². The third kappa shape index (κ3) is 4.59. The summed E-state index contributed by atoms with van der Waals surface area (Å²) in [5, 5.41) is 3.91. The fraction of sp³-hybridized carbons (Fsp3) is 0.571. The summed E-state index contributed by atoms with van der Waals surface area (Å²) in [6.45, 7) is 6.47. The summed E-state index contributed by atoms with van der Waals surface area (Å²) >= 11 is 3.75. The molecule has 0 radical (unpaired) electrons. The molecule has 172 valence electrons. The highest BCUT2D eigenvalue weighted by molar-refractivity contribution is 9.10. The fourth-order valence-corrected chi connectivity index (χ4v) is 7.66. The Morgan fingerprint density at radius 1 is 0.969 bits per heavy atom. The zero-order valence-electron chi connectivity index (χ0n) is 19.4. The highest BCUT2D eigenvalue weighted by Gasteiger charge is 2.52. The van der Waals surface area contributed by atoms with Crippen LogP contribution in [0.2, 0.25) is 0 Å². The minimum Gasteiger partial charge on any atom is -0.490 e. The Hall–Kier alpha value is -1.52. The van der Waals surface area contributed by atoms with E-state index in [1.165, 1.54) is 44.1 Å². The first-order chi connectivity index (χ1) is 15.5. The van der Waals surface area contributed by atoms with E-state index < -0.39 is 0 Å². The maximum absolute atomic E-state index is 6.16. The number of nitrogens with one attached hydrogen (secondary N) is 1. The molecule has 3 nitrogen and oxygen atoms in total. The Morgan fingerprint density at radius 3 is 2.25 bits per heavy atom. The summed E-state index contributed by atoms with van der Waals surface area (Å²) < 4.78 is 13.1. The maximum atomic E-state index is 6.16. The molecule has 0 aliphatic heterocycles. The number of hydrogen-bond acceptors (Lipinski definition) is 3. The molecule has 1 N–H and O–H groups in total. The molecule has 4 heteroatoms. The lowest BCUT2D eigenvalue weighted by Gasteiger charge is -2.59. The smallest absolute Gasteiger partial charge is 0.175 e. The summed E-state index contributed by atoms with van der Waals surface area (Å²) in [5.41, 5.74) is 2.91. The molecule has 4 bridgehead atoms. The normalized spacial score (nSPS) is 29.2. The molecule has 1 atom stereocenters. The Morgan fingerprint density at radius 2 is 1.62 bits per heavy atom. The molecule has 4 saturated carbocycles. The van der Waals surface area contributed by atoms with Crippen LogP contribution in [0.3, 0.4) is 0 Å². The SMILES string of the molecule is CCOc1cc(CN[C@H](C)C23CC4CC(CC(C4)C2)C3)cc(Br)c1OCc1ccccc1. The molecule has 0 aromatic heterocycles. The van der Waals surface area contributed by atoms with Gasteiger partial charge in [0.25, 0.3) is 0 Å². The van der Waals surface area contributed by atoms with E-state index in [2.05, 4.69) is 52.4 Å². The van der Waals surface area contributed by atoms with Crippen LogP contribution in [0.15, 0.2) is 46.9 Å². The van der Waals surface area contributed by atoms with Gasteiger partial charge in [-0.25, -0.2) is 0 Å². The van der Waals surface area contributed by atoms with Gasteiger partial charge >= 0.3 is 0 Å². The van der Waals surface area contributed by atoms with E-state index in [9.17, 15) is 0 Å². The number of ether oxygens (including phenoxy) is 2. The van der Waals surface area contributed by atoms with Crippen LogP contribution in [0.4, 0.5) is 0 Å². The van der Waals surface area contributed by atoms with E-state index in [4.69, 9.17) is 9.47 Å². The van der Waals surface area contributed by atoms with Crippen molar-refractivity contribution in [2.24, 2.45) is 23.2 Å². The van der Waals surface area contributed by atoms with Gasteiger partial charge < -0.3 is 14.8 Å². The average molecular weight is 499 g/mol. The van der Waals surface area contributed by atoms with Crippen LogP contribution < -0.4 is 14.8 Å². The van der Waals surface area contributed by atoms with E-state index in [0.29, 0.717) is 24.7 Å². The van der Waals surface area contributed by atoms with Gasteiger partial charge in [0.15, 0.2) is 11.5 Å². The second-order valence-electron chi connectivity index (χ2n) is 10.5. The average Bonchev–Trinajstić information content (AvgIpc) is 2.77. The van der Waals surface area contributed by atoms with Gasteiger partial charge in [-0.1, -0.05) is 30.3 Å². The van der Waals surface area contributed by atoms with Crippen molar-refractivity contribution >= 4 is 15.9 Å². The topological polar surface area (TPSA) is 30.5 Å². The van der Waals surface area contributed by atoms with E-state index in [-0.39, 0.29) is 0 Å². The van der Waals surface area contributed by atoms with E-state index in [1.807, 2.05) is 25.1 Å². The Labute approximate surface area is 201 Å². The molecule has 0 heterocycles. The third-order valence-corrected chi connectivity index (χ3v) is 8.80. The van der Waals surface area contributed by atoms with Crippen molar-refractivity contribution in [3.05, 3.63) is 58.1 Å². The summed E-state index contributed by atoms with van der Waals surface area (Å²) in [5.74, 6) is 4.58. The minimum atomic E-state index is 0.521. The lowest BCUT2D eigenvalue weighted by molar-refractivity contribution is -0.0706. The van der Waals surface area contributed by atoms with E-state index in [0.717, 1.165) is 45.8 Å². The molecule has 4 fully saturated rings. The fourth-order valence-electron chi connectivity index (χ4n) is 7.05. The van der Waals surface area contributed by atoms with Gasteiger partial charge in [0.05, 0.1) is 11.1 Å². The van der Waals surface area contributed by atoms with Crippen molar-refractivity contribution in [1.29, 1.82) is 0 Å². The molecule has 4 aliphatic carbocycles. The summed E-state index contributed by atoms with van der Waals surface area (Å²) in [6, 6.07) is 15.2. The van der Waals surface area contributed by atoms with Crippen molar-refractivity contribution < 1.29 is 9.47 Å². The maximum Gasteiger partial charge on any atom is 0.175 e. The number of halogens is 1. The summed E-state index contributed by atoms with van der Waals surface area (Å²) in [7, 11) is 0. The van der Waals surface area contributed by atoms with E-state index >= 15 is 0 Å². The van der Waals surface area contributed by atoms with Gasteiger partial charge in [-0.2, -0.15) is 0 Å². The first-order valence-corrected chi connectivity index (χ1v) is 13.2. The minimum absolute atomic E-state index is 0.521. The zero-order valence-corrected chi connectivity index (χ0v) is 21.0. The van der Waals surface area contributed by atoms with Crippen molar-refractivity contribution in [2.75, 3.05) is 6.61 Å². The molecule has 4 aliphatic rings. The van der Waals surface area contributed by atoms with Crippen LogP contribution in [-0.4, -0.2) is 12.6 Å². The van der Waals surface area contributed by atoms with Crippen LogP contribution in [0.1, 0.15) is 63.5 Å². The van der Waals surface area contributed by atoms with Crippen LogP contribution >= 0.6 is 15.9 Å². The molecule has 0 spiro atoms. The lowest BCUT2D eigenvalue weighted by Crippen LogP contribution is -2.54. The Bertz CT molecular complexity index is 893. The Balaban J connectivity index is 1.26. The molecule has 2 aromatic carbocycles. The second-order valence-corrected chi connectivity index (χ2v) is 11.3. The van der Waals surface area contributed by atoms with Gasteiger partial charge in [0.2, 0.25) is 0 Å². The van der Waals surface area contributed by atoms with Crippen molar-refractivity contribution in [3.63, 3.8) is 0 Å². The molecule has 32 heavy (non-hydrogen) atoms. The summed E-state index contributed by atoms with van der Waals surface area (Å²) in [4.78, 5) is 0. The number of hydrogen-bond donors (Lipinski definition) is 1. The Kier molecular flexibility index (Phi) is 6.53. The van der Waals surface area contributed by atoms with Crippen molar-refractivity contribution in [3.8, 4) is 11.5 Å². The molecule has 0 amide bonds. The van der Waals surface area contributed by atoms with Crippen LogP contribution in [0.5, 0.6) is 11.5 Å². The molecular formula is C28H36BrNO2. The van der Waals surface area contributed by atoms with E-state index in [1.54, 1.807) is 0 Å².